The van der Waals surface area contributed by atoms with Crippen LogP contribution in [0.3, 0.4) is 0 Å². The molecule has 8 heteroatoms. The molecule has 0 spiro atoms. The SMILES string of the molecule is COc1ccc(Nc2cc(C(=O)NCC3CCCO3)nc(C)n2)c(OC)c1. The van der Waals surface area contributed by atoms with E-state index in [1.165, 1.54) is 0 Å². The first kappa shape index (κ1) is 18.9. The second kappa shape index (κ2) is 8.68. The van der Waals surface area contributed by atoms with Crippen LogP contribution in [0.2, 0.25) is 0 Å². The van der Waals surface area contributed by atoms with Gasteiger partial charge in [0.2, 0.25) is 0 Å². The molecule has 0 saturated carbocycles. The summed E-state index contributed by atoms with van der Waals surface area (Å²) in [5.41, 5.74) is 1.01. The fraction of sp³-hybridized carbons (Fsp3) is 0.421. The summed E-state index contributed by atoms with van der Waals surface area (Å²) in [6.45, 7) is 2.98. The number of aromatic nitrogens is 2. The minimum atomic E-state index is -0.249. The molecule has 8 nitrogen and oxygen atoms in total. The molecule has 1 aliphatic heterocycles. The Morgan fingerprint density at radius 3 is 2.81 bits per heavy atom. The molecule has 3 rings (SSSR count). The maximum atomic E-state index is 12.4. The fourth-order valence-corrected chi connectivity index (χ4v) is 2.89. The molecule has 2 N–H and O–H groups in total. The van der Waals surface area contributed by atoms with E-state index in [4.69, 9.17) is 14.2 Å². The van der Waals surface area contributed by atoms with E-state index in [2.05, 4.69) is 20.6 Å². The highest BCUT2D eigenvalue weighted by atomic mass is 16.5. The average Bonchev–Trinajstić information content (AvgIpc) is 3.19. The zero-order chi connectivity index (χ0) is 19.2. The Morgan fingerprint density at radius 1 is 1.26 bits per heavy atom. The van der Waals surface area contributed by atoms with Gasteiger partial charge in [0, 0.05) is 25.3 Å². The number of nitrogens with zero attached hydrogens (tertiary/aromatic N) is 2. The van der Waals surface area contributed by atoms with Gasteiger partial charge in [0.05, 0.1) is 26.0 Å². The highest BCUT2D eigenvalue weighted by molar-refractivity contribution is 5.93. The Kier molecular flexibility index (Phi) is 6.08. The highest BCUT2D eigenvalue weighted by Gasteiger charge is 2.18. The molecular weight excluding hydrogens is 348 g/mol. The summed E-state index contributed by atoms with van der Waals surface area (Å²) < 4.78 is 16.1. The lowest BCUT2D eigenvalue weighted by Crippen LogP contribution is -2.32. The number of rotatable bonds is 7. The minimum Gasteiger partial charge on any atom is -0.497 e. The standard InChI is InChI=1S/C19H24N4O4/c1-12-21-16(19(24)20-11-14-5-4-8-27-14)10-18(22-12)23-15-7-6-13(25-2)9-17(15)26-3/h6-7,9-10,14H,4-5,8,11H2,1-3H3,(H,20,24)(H,21,22,23). The molecule has 0 radical (unpaired) electrons. The van der Waals surface area contributed by atoms with Crippen molar-refractivity contribution in [1.82, 2.24) is 15.3 Å². The number of ether oxygens (including phenoxy) is 3. The van der Waals surface area contributed by atoms with Crippen LogP contribution in [-0.2, 0) is 4.74 Å². The Labute approximate surface area is 158 Å². The predicted molar refractivity (Wildman–Crippen MR) is 101 cm³/mol. The van der Waals surface area contributed by atoms with Crippen LogP contribution in [0, 0.1) is 6.92 Å². The minimum absolute atomic E-state index is 0.0815. The van der Waals surface area contributed by atoms with Gasteiger partial charge < -0.3 is 24.8 Å². The van der Waals surface area contributed by atoms with Crippen LogP contribution in [0.25, 0.3) is 0 Å². The van der Waals surface area contributed by atoms with Gasteiger partial charge in [-0.25, -0.2) is 9.97 Å². The molecule has 144 valence electrons. The normalized spacial score (nSPS) is 16.0. The van der Waals surface area contributed by atoms with Crippen molar-refractivity contribution in [3.63, 3.8) is 0 Å². The van der Waals surface area contributed by atoms with E-state index in [0.717, 1.165) is 19.4 Å². The topological polar surface area (TPSA) is 94.6 Å². The van der Waals surface area contributed by atoms with Crippen LogP contribution in [0.4, 0.5) is 11.5 Å². The van der Waals surface area contributed by atoms with Crippen molar-refractivity contribution in [2.45, 2.75) is 25.9 Å². The largest absolute Gasteiger partial charge is 0.497 e. The molecule has 1 fully saturated rings. The molecule has 1 atom stereocenters. The quantitative estimate of drug-likeness (QED) is 0.771. The van der Waals surface area contributed by atoms with Crippen LogP contribution in [0.1, 0.15) is 29.2 Å². The Hall–Kier alpha value is -2.87. The number of hydrogen-bond acceptors (Lipinski definition) is 7. The third kappa shape index (κ3) is 4.85. The number of carbonyl (C=O) groups is 1. The van der Waals surface area contributed by atoms with Gasteiger partial charge in [0.15, 0.2) is 0 Å². The van der Waals surface area contributed by atoms with Gasteiger partial charge in [-0.3, -0.25) is 4.79 Å². The van der Waals surface area contributed by atoms with Crippen LogP contribution in [0.15, 0.2) is 24.3 Å². The zero-order valence-corrected chi connectivity index (χ0v) is 15.7. The molecule has 1 aromatic carbocycles. The summed E-state index contributed by atoms with van der Waals surface area (Å²) in [5, 5.41) is 6.05. The molecule has 1 unspecified atom stereocenters. The summed E-state index contributed by atoms with van der Waals surface area (Å²) in [4.78, 5) is 21.0. The Balaban J connectivity index is 1.74. The molecule has 0 bridgehead atoms. The number of nitrogens with one attached hydrogen (secondary N) is 2. The number of benzene rings is 1. The van der Waals surface area contributed by atoms with Crippen molar-refractivity contribution >= 4 is 17.4 Å². The molecule has 1 amide bonds. The first-order valence-corrected chi connectivity index (χ1v) is 8.83. The Bertz CT molecular complexity index is 806. The molecule has 2 aromatic rings. The molecule has 1 aliphatic rings. The molecule has 1 aromatic heterocycles. The van der Waals surface area contributed by atoms with Crippen molar-refractivity contribution in [2.24, 2.45) is 0 Å². The van der Waals surface area contributed by atoms with Crippen LogP contribution in [0.5, 0.6) is 11.5 Å². The number of methoxy groups -OCH3 is 2. The van der Waals surface area contributed by atoms with E-state index in [9.17, 15) is 4.79 Å². The Morgan fingerprint density at radius 2 is 2.11 bits per heavy atom. The van der Waals surface area contributed by atoms with E-state index in [0.29, 0.717) is 41.1 Å². The zero-order valence-electron chi connectivity index (χ0n) is 15.7. The third-order valence-electron chi connectivity index (χ3n) is 4.26. The van der Waals surface area contributed by atoms with Crippen molar-refractivity contribution in [1.29, 1.82) is 0 Å². The summed E-state index contributed by atoms with van der Waals surface area (Å²) in [6.07, 6.45) is 2.08. The van der Waals surface area contributed by atoms with E-state index < -0.39 is 0 Å². The van der Waals surface area contributed by atoms with Crippen LogP contribution < -0.4 is 20.1 Å². The van der Waals surface area contributed by atoms with E-state index in [-0.39, 0.29) is 12.0 Å². The van der Waals surface area contributed by atoms with Gasteiger partial charge in [0.25, 0.3) is 5.91 Å². The van der Waals surface area contributed by atoms with E-state index in [1.54, 1.807) is 33.3 Å². The van der Waals surface area contributed by atoms with Crippen molar-refractivity contribution in [3.8, 4) is 11.5 Å². The smallest absolute Gasteiger partial charge is 0.270 e. The van der Waals surface area contributed by atoms with E-state index >= 15 is 0 Å². The second-order valence-corrected chi connectivity index (χ2v) is 6.22. The molecule has 1 saturated heterocycles. The van der Waals surface area contributed by atoms with Crippen molar-refractivity contribution in [2.75, 3.05) is 32.7 Å². The maximum Gasteiger partial charge on any atom is 0.270 e. The summed E-state index contributed by atoms with van der Waals surface area (Å²) in [5.74, 6) is 2.05. The van der Waals surface area contributed by atoms with Crippen molar-refractivity contribution < 1.29 is 19.0 Å². The monoisotopic (exact) mass is 372 g/mol. The molecular formula is C19H24N4O4. The van der Waals surface area contributed by atoms with Gasteiger partial charge >= 0.3 is 0 Å². The first-order chi connectivity index (χ1) is 13.1. The average molecular weight is 372 g/mol. The molecule has 27 heavy (non-hydrogen) atoms. The van der Waals surface area contributed by atoms with Gasteiger partial charge in [-0.1, -0.05) is 0 Å². The fourth-order valence-electron chi connectivity index (χ4n) is 2.89. The van der Waals surface area contributed by atoms with Crippen LogP contribution in [-0.4, -0.2) is 49.4 Å². The lowest BCUT2D eigenvalue weighted by molar-refractivity contribution is 0.0853. The summed E-state index contributed by atoms with van der Waals surface area (Å²) >= 11 is 0. The van der Waals surface area contributed by atoms with Gasteiger partial charge in [0.1, 0.15) is 28.8 Å². The molecule has 2 heterocycles. The van der Waals surface area contributed by atoms with Crippen LogP contribution >= 0.6 is 0 Å². The van der Waals surface area contributed by atoms with Gasteiger partial charge in [-0.05, 0) is 31.9 Å². The number of anilines is 2. The third-order valence-corrected chi connectivity index (χ3v) is 4.26. The number of amides is 1. The lowest BCUT2D eigenvalue weighted by Gasteiger charge is -2.14. The summed E-state index contributed by atoms with van der Waals surface area (Å²) in [6, 6.07) is 7.02. The van der Waals surface area contributed by atoms with Gasteiger partial charge in [-0.15, -0.1) is 0 Å². The lowest BCUT2D eigenvalue weighted by atomic mass is 10.2. The van der Waals surface area contributed by atoms with Crippen molar-refractivity contribution in [3.05, 3.63) is 35.8 Å². The summed E-state index contributed by atoms with van der Waals surface area (Å²) in [7, 11) is 3.17. The number of carbonyl (C=O) groups excluding carboxylic acids is 1. The number of hydrogen-bond donors (Lipinski definition) is 2. The second-order valence-electron chi connectivity index (χ2n) is 6.22. The first-order valence-electron chi connectivity index (χ1n) is 8.83. The van der Waals surface area contributed by atoms with Gasteiger partial charge in [-0.2, -0.15) is 0 Å². The maximum absolute atomic E-state index is 12.4. The number of aryl methyl sites for hydroxylation is 1. The predicted octanol–water partition coefficient (Wildman–Crippen LogP) is 2.45. The molecule has 0 aliphatic carbocycles. The van der Waals surface area contributed by atoms with E-state index in [1.807, 2.05) is 12.1 Å². The highest BCUT2D eigenvalue weighted by Crippen LogP contribution is 2.31.